The van der Waals surface area contributed by atoms with Gasteiger partial charge in [0.05, 0.1) is 17.6 Å². The highest BCUT2D eigenvalue weighted by molar-refractivity contribution is 6.17. The zero-order valence-electron chi connectivity index (χ0n) is 11.7. The van der Waals surface area contributed by atoms with Crippen LogP contribution in [0.2, 0.25) is 0 Å². The van der Waals surface area contributed by atoms with Crippen LogP contribution in [0.3, 0.4) is 0 Å². The van der Waals surface area contributed by atoms with Gasteiger partial charge in [0, 0.05) is 25.3 Å². The van der Waals surface area contributed by atoms with Crippen molar-refractivity contribution in [1.82, 2.24) is 19.7 Å². The van der Waals surface area contributed by atoms with Crippen molar-refractivity contribution in [3.05, 3.63) is 41.1 Å². The molecule has 0 saturated heterocycles. The Morgan fingerprint density at radius 3 is 2.76 bits per heavy atom. The van der Waals surface area contributed by atoms with E-state index in [-0.39, 0.29) is 5.82 Å². The monoisotopic (exact) mass is 308 g/mol. The number of benzene rings is 1. The lowest BCUT2D eigenvalue weighted by Gasteiger charge is -2.06. The van der Waals surface area contributed by atoms with Crippen molar-refractivity contribution in [3.63, 3.8) is 0 Å². The molecule has 0 aliphatic carbocycles. The second-order valence-electron chi connectivity index (χ2n) is 4.87. The lowest BCUT2D eigenvalue weighted by molar-refractivity contribution is 0.386. The lowest BCUT2D eigenvalue weighted by Crippen LogP contribution is -2.07. The van der Waals surface area contributed by atoms with Crippen LogP contribution in [0.15, 0.2) is 16.7 Å². The zero-order valence-corrected chi connectivity index (χ0v) is 12.5. The molecule has 110 valence electrons. The summed E-state index contributed by atoms with van der Waals surface area (Å²) in [5.41, 5.74) is 2.03. The Bertz CT molecular complexity index is 796. The Labute approximate surface area is 125 Å². The fraction of sp³-hybridized carbons (Fsp3) is 0.357. The predicted molar refractivity (Wildman–Crippen MR) is 77.0 cm³/mol. The first-order valence-corrected chi connectivity index (χ1v) is 7.12. The molecular weight excluding hydrogens is 295 g/mol. The van der Waals surface area contributed by atoms with Crippen LogP contribution in [0.25, 0.3) is 11.0 Å². The van der Waals surface area contributed by atoms with Crippen molar-refractivity contribution in [2.75, 3.05) is 5.88 Å². The van der Waals surface area contributed by atoms with Gasteiger partial charge in [-0.2, -0.15) is 4.98 Å². The highest BCUT2D eigenvalue weighted by atomic mass is 35.5. The molecule has 0 spiro atoms. The van der Waals surface area contributed by atoms with Gasteiger partial charge in [-0.25, -0.2) is 9.37 Å². The molecule has 0 fully saturated rings. The average molecular weight is 309 g/mol. The largest absolute Gasteiger partial charge is 0.340 e. The summed E-state index contributed by atoms with van der Waals surface area (Å²) in [6.07, 6.45) is 0.591. The van der Waals surface area contributed by atoms with Gasteiger partial charge in [-0.05, 0) is 18.6 Å². The number of aromatic nitrogens is 4. The highest BCUT2D eigenvalue weighted by Gasteiger charge is 2.15. The topological polar surface area (TPSA) is 56.7 Å². The summed E-state index contributed by atoms with van der Waals surface area (Å²) in [6.45, 7) is 3.89. The summed E-state index contributed by atoms with van der Waals surface area (Å²) in [7, 11) is 0. The molecule has 0 unspecified atom stereocenters. The molecule has 0 amide bonds. The van der Waals surface area contributed by atoms with Gasteiger partial charge in [0.15, 0.2) is 5.82 Å². The molecule has 3 aromatic rings. The Hall–Kier alpha value is -1.95. The first-order valence-electron chi connectivity index (χ1n) is 6.59. The highest BCUT2D eigenvalue weighted by Crippen LogP contribution is 2.21. The summed E-state index contributed by atoms with van der Waals surface area (Å²) < 4.78 is 20.6. The molecular formula is C14H14ClFN4O. The Morgan fingerprint density at radius 2 is 2.10 bits per heavy atom. The molecule has 3 rings (SSSR count). The fourth-order valence-electron chi connectivity index (χ4n) is 2.30. The van der Waals surface area contributed by atoms with E-state index < -0.39 is 0 Å². The Kier molecular flexibility index (Phi) is 3.63. The van der Waals surface area contributed by atoms with Crippen LogP contribution in [-0.4, -0.2) is 25.6 Å². The predicted octanol–water partition coefficient (Wildman–Crippen LogP) is 3.00. The molecule has 2 aromatic heterocycles. The average Bonchev–Trinajstić information content (AvgIpc) is 2.97. The van der Waals surface area contributed by atoms with Gasteiger partial charge < -0.3 is 9.09 Å². The number of hydrogen-bond donors (Lipinski definition) is 0. The van der Waals surface area contributed by atoms with Crippen LogP contribution in [0.1, 0.15) is 23.1 Å². The molecule has 1 aromatic carbocycles. The van der Waals surface area contributed by atoms with E-state index in [2.05, 4.69) is 15.1 Å². The minimum Gasteiger partial charge on any atom is -0.340 e. The van der Waals surface area contributed by atoms with Gasteiger partial charge in [-0.1, -0.05) is 5.16 Å². The Morgan fingerprint density at radius 1 is 1.29 bits per heavy atom. The lowest BCUT2D eigenvalue weighted by atomic mass is 10.2. The van der Waals surface area contributed by atoms with E-state index in [0.717, 1.165) is 11.3 Å². The van der Waals surface area contributed by atoms with E-state index in [1.54, 1.807) is 19.9 Å². The van der Waals surface area contributed by atoms with Gasteiger partial charge >= 0.3 is 0 Å². The second kappa shape index (κ2) is 5.44. The summed E-state index contributed by atoms with van der Waals surface area (Å²) in [5.74, 6) is 2.03. The number of hydrogen-bond acceptors (Lipinski definition) is 4. The molecule has 0 aliphatic heterocycles. The van der Waals surface area contributed by atoms with Gasteiger partial charge in [0.1, 0.15) is 11.6 Å². The molecule has 7 heteroatoms. The maximum absolute atomic E-state index is 13.7. The molecule has 0 atom stereocenters. The van der Waals surface area contributed by atoms with Crippen molar-refractivity contribution in [2.45, 2.75) is 26.8 Å². The van der Waals surface area contributed by atoms with E-state index in [1.165, 1.54) is 6.07 Å². The van der Waals surface area contributed by atoms with Crippen LogP contribution >= 0.6 is 11.6 Å². The van der Waals surface area contributed by atoms with Crippen LogP contribution < -0.4 is 0 Å². The normalized spacial score (nSPS) is 11.4. The summed E-state index contributed by atoms with van der Waals surface area (Å²) in [6, 6.07) is 3.22. The maximum Gasteiger partial charge on any atom is 0.223 e. The molecule has 0 radical (unpaired) electrons. The third-order valence-corrected chi connectivity index (χ3v) is 3.48. The van der Waals surface area contributed by atoms with Crippen molar-refractivity contribution >= 4 is 22.6 Å². The first kappa shape index (κ1) is 14.0. The summed E-state index contributed by atoms with van der Waals surface area (Å²) >= 11 is 5.83. The SMILES string of the molecule is Cc1nc(Cn2c(CCCl)nc3cc(F)c(C)cc32)no1. The van der Waals surface area contributed by atoms with Gasteiger partial charge in [-0.3, -0.25) is 0 Å². The maximum atomic E-state index is 13.7. The quantitative estimate of drug-likeness (QED) is 0.695. The first-order chi connectivity index (χ1) is 10.1. The van der Waals surface area contributed by atoms with Crippen molar-refractivity contribution in [1.29, 1.82) is 0 Å². The fourth-order valence-corrected chi connectivity index (χ4v) is 2.47. The second-order valence-corrected chi connectivity index (χ2v) is 5.25. The number of fused-ring (bicyclic) bond motifs is 1. The van der Waals surface area contributed by atoms with E-state index in [1.807, 2.05) is 4.57 Å². The van der Waals surface area contributed by atoms with Crippen LogP contribution in [0.5, 0.6) is 0 Å². The van der Waals surface area contributed by atoms with Crippen molar-refractivity contribution < 1.29 is 8.91 Å². The van der Waals surface area contributed by atoms with E-state index >= 15 is 0 Å². The molecule has 0 aliphatic rings. The minimum absolute atomic E-state index is 0.264. The number of alkyl halides is 1. The van der Waals surface area contributed by atoms with Crippen molar-refractivity contribution in [3.8, 4) is 0 Å². The smallest absolute Gasteiger partial charge is 0.223 e. The summed E-state index contributed by atoms with van der Waals surface area (Å²) in [4.78, 5) is 8.66. The molecule has 0 bridgehead atoms. The number of halogens is 2. The van der Waals surface area contributed by atoms with E-state index in [4.69, 9.17) is 16.1 Å². The molecule has 21 heavy (non-hydrogen) atoms. The molecule has 2 heterocycles. The number of aryl methyl sites for hydroxylation is 3. The number of nitrogens with zero attached hydrogens (tertiary/aromatic N) is 4. The van der Waals surface area contributed by atoms with Crippen LogP contribution in [0, 0.1) is 19.7 Å². The van der Waals surface area contributed by atoms with Gasteiger partial charge in [0.25, 0.3) is 0 Å². The standard InChI is InChI=1S/C14H14ClFN4O/c1-8-5-12-11(6-10(8)16)18-14(3-4-15)20(12)7-13-17-9(2)21-19-13/h5-6H,3-4,7H2,1-2H3. The van der Waals surface area contributed by atoms with Crippen LogP contribution in [0.4, 0.5) is 4.39 Å². The zero-order chi connectivity index (χ0) is 15.0. The van der Waals surface area contributed by atoms with Gasteiger partial charge in [-0.15, -0.1) is 11.6 Å². The third kappa shape index (κ3) is 2.63. The van der Waals surface area contributed by atoms with Crippen LogP contribution in [-0.2, 0) is 13.0 Å². The number of imidazole rings is 1. The summed E-state index contributed by atoms with van der Waals surface area (Å²) in [5, 5.41) is 3.90. The molecule has 0 saturated carbocycles. The van der Waals surface area contributed by atoms with E-state index in [9.17, 15) is 4.39 Å². The Balaban J connectivity index is 2.12. The minimum atomic E-state index is -0.264. The van der Waals surface area contributed by atoms with Crippen molar-refractivity contribution in [2.24, 2.45) is 0 Å². The van der Waals surface area contributed by atoms with E-state index in [0.29, 0.717) is 41.6 Å². The van der Waals surface area contributed by atoms with Gasteiger partial charge in [0.2, 0.25) is 5.89 Å². The molecule has 0 N–H and O–H groups in total. The third-order valence-electron chi connectivity index (χ3n) is 3.29. The molecule has 5 nitrogen and oxygen atoms in total. The number of rotatable bonds is 4.